The molecule has 0 atom stereocenters. The van der Waals surface area contributed by atoms with Crippen molar-refractivity contribution in [2.45, 2.75) is 26.4 Å². The first kappa shape index (κ1) is 8.92. The van der Waals surface area contributed by atoms with E-state index in [2.05, 4.69) is 12.4 Å². The Balaban J connectivity index is 2.75. The number of hydrogen-bond acceptors (Lipinski definition) is 2. The minimum Gasteiger partial charge on any atom is -0.379 e. The standard InChI is InChI=1S/C7H16NO/c1-7(2)9-6-4-5-8-3/h7-8H,3-6H2,1-2H3. The van der Waals surface area contributed by atoms with Crippen LogP contribution in [0.4, 0.5) is 0 Å². The molecule has 0 saturated carbocycles. The Bertz CT molecular complexity index is 54.9. The summed E-state index contributed by atoms with van der Waals surface area (Å²) in [6.45, 7) is 5.85. The van der Waals surface area contributed by atoms with Gasteiger partial charge in [-0.15, -0.1) is 0 Å². The fourth-order valence-corrected chi connectivity index (χ4v) is 0.516. The first-order valence-electron chi connectivity index (χ1n) is 3.39. The van der Waals surface area contributed by atoms with Crippen LogP contribution >= 0.6 is 0 Å². The van der Waals surface area contributed by atoms with Gasteiger partial charge in [0.2, 0.25) is 0 Å². The van der Waals surface area contributed by atoms with Gasteiger partial charge in [0.25, 0.3) is 0 Å². The van der Waals surface area contributed by atoms with Crippen LogP contribution < -0.4 is 5.32 Å². The predicted octanol–water partition coefficient (Wildman–Crippen LogP) is 1.18. The van der Waals surface area contributed by atoms with Crippen molar-refractivity contribution in [3.8, 4) is 0 Å². The van der Waals surface area contributed by atoms with Gasteiger partial charge in [0, 0.05) is 13.7 Å². The highest BCUT2D eigenvalue weighted by molar-refractivity contribution is 4.43. The fraction of sp³-hybridized carbons (Fsp3) is 0.857. The van der Waals surface area contributed by atoms with Crippen molar-refractivity contribution in [2.75, 3.05) is 13.2 Å². The van der Waals surface area contributed by atoms with Crippen LogP contribution in [0, 0.1) is 7.05 Å². The van der Waals surface area contributed by atoms with Crippen molar-refractivity contribution >= 4 is 0 Å². The topological polar surface area (TPSA) is 21.3 Å². The second kappa shape index (κ2) is 6.05. The van der Waals surface area contributed by atoms with E-state index in [-0.39, 0.29) is 0 Å². The third-order valence-electron chi connectivity index (χ3n) is 0.949. The molecule has 0 aromatic carbocycles. The molecule has 0 spiro atoms. The lowest BCUT2D eigenvalue weighted by Gasteiger charge is -2.05. The summed E-state index contributed by atoms with van der Waals surface area (Å²) in [6, 6.07) is 0. The molecule has 2 heteroatoms. The highest BCUT2D eigenvalue weighted by atomic mass is 16.5. The van der Waals surface area contributed by atoms with Crippen LogP contribution in [-0.2, 0) is 4.74 Å². The Kier molecular flexibility index (Phi) is 5.99. The van der Waals surface area contributed by atoms with E-state index in [1.54, 1.807) is 0 Å². The van der Waals surface area contributed by atoms with Crippen LogP contribution in [0.5, 0.6) is 0 Å². The van der Waals surface area contributed by atoms with Gasteiger partial charge in [-0.05, 0) is 26.8 Å². The van der Waals surface area contributed by atoms with E-state index >= 15 is 0 Å². The summed E-state index contributed by atoms with van der Waals surface area (Å²) in [6.07, 6.45) is 1.40. The normalized spacial score (nSPS) is 10.7. The van der Waals surface area contributed by atoms with Crippen LogP contribution in [-0.4, -0.2) is 19.3 Å². The monoisotopic (exact) mass is 130 g/mol. The lowest BCUT2D eigenvalue weighted by atomic mass is 10.4. The second-order valence-electron chi connectivity index (χ2n) is 2.27. The molecule has 1 N–H and O–H groups in total. The molecule has 0 rings (SSSR count). The quantitative estimate of drug-likeness (QED) is 0.564. The molecule has 0 bridgehead atoms. The Morgan fingerprint density at radius 2 is 2.22 bits per heavy atom. The van der Waals surface area contributed by atoms with Gasteiger partial charge in [0.15, 0.2) is 0 Å². The highest BCUT2D eigenvalue weighted by Gasteiger charge is 1.90. The Morgan fingerprint density at radius 3 is 2.67 bits per heavy atom. The van der Waals surface area contributed by atoms with Crippen molar-refractivity contribution in [3.05, 3.63) is 7.05 Å². The Hall–Kier alpha value is -0.0800. The summed E-state index contributed by atoms with van der Waals surface area (Å²) in [4.78, 5) is 0. The molecule has 0 aliphatic carbocycles. The summed E-state index contributed by atoms with van der Waals surface area (Å²) in [7, 11) is 3.50. The smallest absolute Gasteiger partial charge is 0.0518 e. The van der Waals surface area contributed by atoms with E-state index in [4.69, 9.17) is 4.74 Å². The zero-order valence-corrected chi connectivity index (χ0v) is 6.31. The minimum absolute atomic E-state index is 0.356. The number of hydrogen-bond donors (Lipinski definition) is 1. The SMILES string of the molecule is [CH2]NCCCOC(C)C. The summed E-state index contributed by atoms with van der Waals surface area (Å²) >= 11 is 0. The lowest BCUT2D eigenvalue weighted by Crippen LogP contribution is -2.10. The molecular weight excluding hydrogens is 114 g/mol. The molecule has 0 fully saturated rings. The van der Waals surface area contributed by atoms with Gasteiger partial charge in [-0.25, -0.2) is 0 Å². The van der Waals surface area contributed by atoms with Gasteiger partial charge < -0.3 is 10.1 Å². The van der Waals surface area contributed by atoms with Crippen LogP contribution in [0.15, 0.2) is 0 Å². The average molecular weight is 130 g/mol. The maximum absolute atomic E-state index is 5.28. The van der Waals surface area contributed by atoms with Gasteiger partial charge in [0.1, 0.15) is 0 Å². The van der Waals surface area contributed by atoms with E-state index in [9.17, 15) is 0 Å². The zero-order chi connectivity index (χ0) is 7.11. The number of nitrogens with one attached hydrogen (secondary N) is 1. The number of rotatable bonds is 5. The Labute approximate surface area is 57.6 Å². The van der Waals surface area contributed by atoms with Crippen molar-refractivity contribution in [1.82, 2.24) is 5.32 Å². The van der Waals surface area contributed by atoms with Gasteiger partial charge in [0.05, 0.1) is 6.10 Å². The Morgan fingerprint density at radius 1 is 1.56 bits per heavy atom. The van der Waals surface area contributed by atoms with Crippen molar-refractivity contribution < 1.29 is 4.74 Å². The summed E-state index contributed by atoms with van der Waals surface area (Å²) < 4.78 is 5.28. The lowest BCUT2D eigenvalue weighted by molar-refractivity contribution is 0.0775. The van der Waals surface area contributed by atoms with Crippen LogP contribution in [0.1, 0.15) is 20.3 Å². The van der Waals surface area contributed by atoms with Crippen molar-refractivity contribution in [1.29, 1.82) is 0 Å². The summed E-state index contributed by atoms with van der Waals surface area (Å²) in [5.41, 5.74) is 0. The molecule has 55 valence electrons. The average Bonchev–Trinajstić information content (AvgIpc) is 1.80. The molecule has 2 nitrogen and oxygen atoms in total. The zero-order valence-electron chi connectivity index (χ0n) is 6.31. The van der Waals surface area contributed by atoms with E-state index < -0.39 is 0 Å². The molecule has 9 heavy (non-hydrogen) atoms. The highest BCUT2D eigenvalue weighted by Crippen LogP contribution is 1.88. The molecular formula is C7H16NO. The molecule has 0 aromatic rings. The summed E-state index contributed by atoms with van der Waals surface area (Å²) in [5.74, 6) is 0. The maximum Gasteiger partial charge on any atom is 0.0518 e. The van der Waals surface area contributed by atoms with Crippen LogP contribution in [0.25, 0.3) is 0 Å². The maximum atomic E-state index is 5.28. The molecule has 0 saturated heterocycles. The molecule has 0 amide bonds. The first-order valence-corrected chi connectivity index (χ1v) is 3.39. The van der Waals surface area contributed by atoms with Gasteiger partial charge in [-0.3, -0.25) is 0 Å². The molecule has 0 aromatic heterocycles. The molecule has 0 heterocycles. The van der Waals surface area contributed by atoms with Gasteiger partial charge in [-0.2, -0.15) is 0 Å². The van der Waals surface area contributed by atoms with Gasteiger partial charge in [-0.1, -0.05) is 0 Å². The van der Waals surface area contributed by atoms with E-state index in [1.165, 1.54) is 0 Å². The van der Waals surface area contributed by atoms with E-state index in [0.717, 1.165) is 19.6 Å². The third kappa shape index (κ3) is 7.92. The van der Waals surface area contributed by atoms with Crippen molar-refractivity contribution in [3.63, 3.8) is 0 Å². The molecule has 1 radical (unpaired) electrons. The second-order valence-corrected chi connectivity index (χ2v) is 2.27. The van der Waals surface area contributed by atoms with E-state index in [1.807, 2.05) is 13.8 Å². The molecule has 0 aliphatic heterocycles. The molecule has 0 unspecified atom stereocenters. The van der Waals surface area contributed by atoms with Crippen molar-refractivity contribution in [2.24, 2.45) is 0 Å². The van der Waals surface area contributed by atoms with Crippen LogP contribution in [0.2, 0.25) is 0 Å². The summed E-state index contributed by atoms with van der Waals surface area (Å²) in [5, 5.41) is 2.81. The predicted molar refractivity (Wildman–Crippen MR) is 39.1 cm³/mol. The first-order chi connectivity index (χ1) is 4.27. The molecule has 0 aliphatic rings. The minimum atomic E-state index is 0.356. The number of ether oxygens (including phenoxy) is 1. The largest absolute Gasteiger partial charge is 0.379 e. The fourth-order valence-electron chi connectivity index (χ4n) is 0.516. The van der Waals surface area contributed by atoms with Gasteiger partial charge >= 0.3 is 0 Å². The van der Waals surface area contributed by atoms with Crippen LogP contribution in [0.3, 0.4) is 0 Å². The third-order valence-corrected chi connectivity index (χ3v) is 0.949. The van der Waals surface area contributed by atoms with E-state index in [0.29, 0.717) is 6.10 Å².